The van der Waals surface area contributed by atoms with Crippen molar-refractivity contribution in [3.05, 3.63) is 94.5 Å². The summed E-state index contributed by atoms with van der Waals surface area (Å²) in [4.78, 5) is 13.4. The van der Waals surface area contributed by atoms with Gasteiger partial charge in [-0.15, -0.1) is 0 Å². The average Bonchev–Trinajstić information content (AvgIpc) is 2.85. The molecule has 1 aliphatic carbocycles. The number of sulfonamides is 1. The number of fused-ring (bicyclic) bond motifs is 1. The third kappa shape index (κ3) is 5.76. The quantitative estimate of drug-likeness (QED) is 0.444. The predicted octanol–water partition coefficient (Wildman–Crippen LogP) is 5.65. The fourth-order valence-electron chi connectivity index (χ4n) is 4.70. The highest BCUT2D eigenvalue weighted by Gasteiger charge is 2.28. The Morgan fingerprint density at radius 1 is 0.914 bits per heavy atom. The number of hydrogen-bond donors (Lipinski definition) is 1. The number of aryl methyl sites for hydroxylation is 4. The van der Waals surface area contributed by atoms with Crippen LogP contribution in [0.4, 0.5) is 5.69 Å². The standard InChI is InChI=1S/C29H34N2O3S/c1-4-28(25-15-14-23-9-5-6-10-24(23)19-25)30-29(32)20-31(26-11-7-8-22(3)18-26)35(33,34)27-16-12-21(2)13-17-27/h7-8,11-19,28H,4-6,9-10,20H2,1-3H3,(H,30,32)/t28-/m0/s1. The number of benzene rings is 3. The smallest absolute Gasteiger partial charge is 0.264 e. The Labute approximate surface area is 209 Å². The van der Waals surface area contributed by atoms with E-state index >= 15 is 0 Å². The number of anilines is 1. The lowest BCUT2D eigenvalue weighted by molar-refractivity contribution is -0.120. The fourth-order valence-corrected chi connectivity index (χ4v) is 6.11. The first kappa shape index (κ1) is 25.0. The topological polar surface area (TPSA) is 66.5 Å². The van der Waals surface area contributed by atoms with Crippen molar-refractivity contribution < 1.29 is 13.2 Å². The molecule has 6 heteroatoms. The minimum Gasteiger partial charge on any atom is -0.348 e. The SMILES string of the molecule is CC[C@H](NC(=O)CN(c1cccc(C)c1)S(=O)(=O)c1ccc(C)cc1)c1ccc2c(c1)CCCC2. The Hall–Kier alpha value is -3.12. The van der Waals surface area contributed by atoms with Crippen LogP contribution in [0.15, 0.2) is 71.6 Å². The lowest BCUT2D eigenvalue weighted by atomic mass is 9.89. The Morgan fingerprint density at radius 3 is 2.31 bits per heavy atom. The molecule has 35 heavy (non-hydrogen) atoms. The van der Waals surface area contributed by atoms with Gasteiger partial charge in [-0.2, -0.15) is 0 Å². The number of carbonyl (C=O) groups is 1. The van der Waals surface area contributed by atoms with Gasteiger partial charge in [0.15, 0.2) is 0 Å². The largest absolute Gasteiger partial charge is 0.348 e. The van der Waals surface area contributed by atoms with Crippen molar-refractivity contribution >= 4 is 21.6 Å². The molecule has 0 spiro atoms. The molecule has 184 valence electrons. The highest BCUT2D eigenvalue weighted by atomic mass is 32.2. The summed E-state index contributed by atoms with van der Waals surface area (Å²) in [5.41, 5.74) is 6.21. The maximum atomic E-state index is 13.6. The third-order valence-corrected chi connectivity index (χ3v) is 8.49. The van der Waals surface area contributed by atoms with Crippen molar-refractivity contribution in [3.8, 4) is 0 Å². The first-order valence-corrected chi connectivity index (χ1v) is 13.8. The van der Waals surface area contributed by atoms with Gasteiger partial charge in [-0.1, -0.05) is 55.0 Å². The van der Waals surface area contributed by atoms with E-state index in [9.17, 15) is 13.2 Å². The number of hydrogen-bond acceptors (Lipinski definition) is 3. The van der Waals surface area contributed by atoms with E-state index in [1.807, 2.05) is 32.9 Å². The second-order valence-corrected chi connectivity index (χ2v) is 11.3. The van der Waals surface area contributed by atoms with Crippen molar-refractivity contribution in [2.45, 2.75) is 63.8 Å². The Kier molecular flexibility index (Phi) is 7.60. The Bertz CT molecular complexity index is 1300. The monoisotopic (exact) mass is 490 g/mol. The van der Waals surface area contributed by atoms with E-state index in [0.29, 0.717) is 5.69 Å². The molecule has 0 heterocycles. The van der Waals surface area contributed by atoms with Gasteiger partial charge in [0.1, 0.15) is 6.54 Å². The molecule has 0 aliphatic heterocycles. The van der Waals surface area contributed by atoms with Crippen molar-refractivity contribution in [2.75, 3.05) is 10.8 Å². The summed E-state index contributed by atoms with van der Waals surface area (Å²) in [7, 11) is -3.93. The highest BCUT2D eigenvalue weighted by Crippen LogP contribution is 2.27. The van der Waals surface area contributed by atoms with Gasteiger partial charge in [-0.25, -0.2) is 8.42 Å². The zero-order valence-corrected chi connectivity index (χ0v) is 21.6. The van der Waals surface area contributed by atoms with E-state index in [2.05, 4.69) is 23.5 Å². The number of nitrogens with one attached hydrogen (secondary N) is 1. The van der Waals surface area contributed by atoms with Crippen LogP contribution < -0.4 is 9.62 Å². The molecule has 0 bridgehead atoms. The number of rotatable bonds is 8. The van der Waals surface area contributed by atoms with E-state index in [1.54, 1.807) is 36.4 Å². The summed E-state index contributed by atoms with van der Waals surface area (Å²) in [6.07, 6.45) is 5.33. The maximum absolute atomic E-state index is 13.6. The van der Waals surface area contributed by atoms with Crippen molar-refractivity contribution in [1.29, 1.82) is 0 Å². The molecule has 1 atom stereocenters. The van der Waals surface area contributed by atoms with Crippen molar-refractivity contribution in [1.82, 2.24) is 5.32 Å². The third-order valence-electron chi connectivity index (χ3n) is 6.70. The minimum absolute atomic E-state index is 0.166. The van der Waals surface area contributed by atoms with Crippen molar-refractivity contribution in [2.24, 2.45) is 0 Å². The van der Waals surface area contributed by atoms with Crippen LogP contribution in [0.2, 0.25) is 0 Å². The molecule has 0 fully saturated rings. The van der Waals surface area contributed by atoms with Crippen LogP contribution >= 0.6 is 0 Å². The molecule has 1 N–H and O–H groups in total. The van der Waals surface area contributed by atoms with Crippen LogP contribution in [0.1, 0.15) is 60.0 Å². The molecule has 4 rings (SSSR count). The number of carbonyl (C=O) groups excluding carboxylic acids is 1. The first-order chi connectivity index (χ1) is 16.8. The highest BCUT2D eigenvalue weighted by molar-refractivity contribution is 7.92. The van der Waals surface area contributed by atoms with Gasteiger partial charge >= 0.3 is 0 Å². The molecule has 0 saturated heterocycles. The number of nitrogens with zero attached hydrogens (tertiary/aromatic N) is 1. The van der Waals surface area contributed by atoms with Gasteiger partial charge in [0.25, 0.3) is 10.0 Å². The summed E-state index contributed by atoms with van der Waals surface area (Å²) in [6, 6.07) is 20.3. The number of amides is 1. The summed E-state index contributed by atoms with van der Waals surface area (Å²) in [5, 5.41) is 3.09. The summed E-state index contributed by atoms with van der Waals surface area (Å²) in [5.74, 6) is -0.327. The van der Waals surface area contributed by atoms with Gasteiger partial charge in [0.2, 0.25) is 5.91 Å². The maximum Gasteiger partial charge on any atom is 0.264 e. The van der Waals surface area contributed by atoms with E-state index in [0.717, 1.165) is 36.0 Å². The molecule has 1 amide bonds. The normalized spacial score (nSPS) is 14.1. The molecule has 0 unspecified atom stereocenters. The van der Waals surface area contributed by atoms with Gasteiger partial charge in [-0.05, 0) is 92.5 Å². The second-order valence-electron chi connectivity index (χ2n) is 9.43. The molecule has 3 aromatic carbocycles. The Morgan fingerprint density at radius 2 is 1.63 bits per heavy atom. The summed E-state index contributed by atoms with van der Waals surface area (Å²) < 4.78 is 28.5. The van der Waals surface area contributed by atoms with Gasteiger partial charge in [-0.3, -0.25) is 9.10 Å². The second kappa shape index (κ2) is 10.6. The molecule has 5 nitrogen and oxygen atoms in total. The van der Waals surface area contributed by atoms with Crippen molar-refractivity contribution in [3.63, 3.8) is 0 Å². The van der Waals surface area contributed by atoms with Crippen LogP contribution in [-0.2, 0) is 27.7 Å². The van der Waals surface area contributed by atoms with E-state index in [-0.39, 0.29) is 23.4 Å². The van der Waals surface area contributed by atoms with Gasteiger partial charge in [0, 0.05) is 0 Å². The van der Waals surface area contributed by atoms with E-state index < -0.39 is 10.0 Å². The molecule has 0 aromatic heterocycles. The Balaban J connectivity index is 1.60. The average molecular weight is 491 g/mol. The first-order valence-electron chi connectivity index (χ1n) is 12.3. The van der Waals surface area contributed by atoms with Gasteiger partial charge < -0.3 is 5.32 Å². The molecular weight excluding hydrogens is 456 g/mol. The minimum atomic E-state index is -3.93. The molecule has 0 saturated carbocycles. The molecule has 3 aromatic rings. The zero-order chi connectivity index (χ0) is 25.0. The van der Waals surface area contributed by atoms with Crippen LogP contribution in [0.3, 0.4) is 0 Å². The molecular formula is C29H34N2O3S. The van der Waals surface area contributed by atoms with Crippen LogP contribution in [-0.4, -0.2) is 20.9 Å². The summed E-state index contributed by atoms with van der Waals surface area (Å²) >= 11 is 0. The lowest BCUT2D eigenvalue weighted by Gasteiger charge is -2.26. The van der Waals surface area contributed by atoms with Crippen LogP contribution in [0.5, 0.6) is 0 Å². The van der Waals surface area contributed by atoms with E-state index in [4.69, 9.17) is 0 Å². The predicted molar refractivity (Wildman–Crippen MR) is 141 cm³/mol. The van der Waals surface area contributed by atoms with Gasteiger partial charge in [0.05, 0.1) is 16.6 Å². The van der Waals surface area contributed by atoms with Crippen LogP contribution in [0.25, 0.3) is 0 Å². The fraction of sp³-hybridized carbons (Fsp3) is 0.345. The molecule has 0 radical (unpaired) electrons. The summed E-state index contributed by atoms with van der Waals surface area (Å²) in [6.45, 7) is 5.56. The van der Waals surface area contributed by atoms with Crippen LogP contribution in [0, 0.1) is 13.8 Å². The molecule has 1 aliphatic rings. The van der Waals surface area contributed by atoms with E-state index in [1.165, 1.54) is 28.3 Å². The zero-order valence-electron chi connectivity index (χ0n) is 20.8. The lowest BCUT2D eigenvalue weighted by Crippen LogP contribution is -2.42.